The number of aldehydes is 1. The van der Waals surface area contributed by atoms with Crippen LogP contribution in [-0.2, 0) is 21.7 Å². The number of rotatable bonds is 6. The Labute approximate surface area is 125 Å². The predicted octanol–water partition coefficient (Wildman–Crippen LogP) is 2.93. The molecule has 0 aliphatic heterocycles. The van der Waals surface area contributed by atoms with Gasteiger partial charge in [0.2, 0.25) is 0 Å². The lowest BCUT2D eigenvalue weighted by Crippen LogP contribution is -2.55. The number of hydrogen-bond acceptors (Lipinski definition) is 3. The van der Waals surface area contributed by atoms with Crippen LogP contribution in [0.15, 0.2) is 24.3 Å². The molecule has 2 atom stereocenters. The molecule has 0 spiro atoms. The van der Waals surface area contributed by atoms with Crippen molar-refractivity contribution >= 4 is 17.6 Å². The summed E-state index contributed by atoms with van der Waals surface area (Å²) >= 11 is -1.89. The number of hydrogen-bond donors (Lipinski definition) is 1. The SMILES string of the molecule is CC(C)(C)[S+]([O-])N[C@@](CC=O)(c1ccccc1F)C(F)F. The van der Waals surface area contributed by atoms with E-state index in [1.54, 1.807) is 20.8 Å². The highest BCUT2D eigenvalue weighted by Crippen LogP contribution is 2.35. The van der Waals surface area contributed by atoms with Gasteiger partial charge in [-0.3, -0.25) is 0 Å². The lowest BCUT2D eigenvalue weighted by atomic mass is 9.88. The number of benzene rings is 1. The third kappa shape index (κ3) is 3.99. The van der Waals surface area contributed by atoms with Crippen molar-refractivity contribution < 1.29 is 22.5 Å². The van der Waals surface area contributed by atoms with E-state index < -0.39 is 40.3 Å². The van der Waals surface area contributed by atoms with Crippen LogP contribution in [0.3, 0.4) is 0 Å². The van der Waals surface area contributed by atoms with E-state index in [4.69, 9.17) is 0 Å². The Morgan fingerprint density at radius 2 is 1.90 bits per heavy atom. The van der Waals surface area contributed by atoms with E-state index >= 15 is 0 Å². The van der Waals surface area contributed by atoms with Gasteiger partial charge in [-0.05, 0) is 26.8 Å². The van der Waals surface area contributed by atoms with Crippen LogP contribution in [0.5, 0.6) is 0 Å². The zero-order valence-electron chi connectivity index (χ0n) is 12.0. The summed E-state index contributed by atoms with van der Waals surface area (Å²) in [5.74, 6) is -0.877. The molecule has 0 saturated carbocycles. The van der Waals surface area contributed by atoms with Crippen molar-refractivity contribution in [2.75, 3.05) is 0 Å². The van der Waals surface area contributed by atoms with Gasteiger partial charge in [-0.25, -0.2) is 13.2 Å². The molecule has 118 valence electrons. The Morgan fingerprint density at radius 3 is 2.33 bits per heavy atom. The molecule has 1 aromatic carbocycles. The molecule has 0 amide bonds. The highest BCUT2D eigenvalue weighted by Gasteiger charge is 2.49. The summed E-state index contributed by atoms with van der Waals surface area (Å²) in [6.45, 7) is 4.78. The number of nitrogens with one attached hydrogen (secondary N) is 1. The second-order valence-electron chi connectivity index (χ2n) is 5.61. The molecule has 7 heteroatoms. The molecule has 0 aliphatic carbocycles. The highest BCUT2D eigenvalue weighted by molar-refractivity contribution is 7.90. The molecule has 21 heavy (non-hydrogen) atoms. The Balaban J connectivity index is 3.35. The molecule has 0 aromatic heterocycles. The van der Waals surface area contributed by atoms with Gasteiger partial charge < -0.3 is 9.35 Å². The van der Waals surface area contributed by atoms with Gasteiger partial charge in [0.1, 0.15) is 16.9 Å². The molecular weight excluding hydrogens is 303 g/mol. The molecule has 1 N–H and O–H groups in total. The zero-order valence-corrected chi connectivity index (χ0v) is 12.8. The maximum absolute atomic E-state index is 13.9. The third-order valence-corrected chi connectivity index (χ3v) is 4.63. The first-order chi connectivity index (χ1) is 9.65. The van der Waals surface area contributed by atoms with Crippen molar-refractivity contribution in [1.82, 2.24) is 4.72 Å². The summed E-state index contributed by atoms with van der Waals surface area (Å²) in [7, 11) is 0. The van der Waals surface area contributed by atoms with Crippen LogP contribution in [0.4, 0.5) is 13.2 Å². The van der Waals surface area contributed by atoms with Crippen molar-refractivity contribution in [3.63, 3.8) is 0 Å². The fraction of sp³-hybridized carbons (Fsp3) is 0.500. The molecule has 3 nitrogen and oxygen atoms in total. The van der Waals surface area contributed by atoms with Crippen LogP contribution >= 0.6 is 0 Å². The number of carbonyl (C=O) groups is 1. The maximum Gasteiger partial charge on any atom is 0.265 e. The van der Waals surface area contributed by atoms with Gasteiger partial charge in [-0.2, -0.15) is 0 Å². The van der Waals surface area contributed by atoms with Crippen molar-refractivity contribution in [2.45, 2.75) is 43.9 Å². The van der Waals surface area contributed by atoms with Crippen molar-refractivity contribution in [3.8, 4) is 0 Å². The molecule has 0 heterocycles. The van der Waals surface area contributed by atoms with Gasteiger partial charge in [-0.15, -0.1) is 4.72 Å². The van der Waals surface area contributed by atoms with E-state index in [0.29, 0.717) is 0 Å². The number of alkyl halides is 2. The summed E-state index contributed by atoms with van der Waals surface area (Å²) in [4.78, 5) is 10.8. The molecule has 0 bridgehead atoms. The average Bonchev–Trinajstić information content (AvgIpc) is 2.37. The van der Waals surface area contributed by atoms with Crippen molar-refractivity contribution in [2.24, 2.45) is 0 Å². The average molecular weight is 321 g/mol. The summed E-state index contributed by atoms with van der Waals surface area (Å²) in [6, 6.07) is 4.94. The molecule has 1 rings (SSSR count). The normalized spacial score (nSPS) is 16.6. The Morgan fingerprint density at radius 1 is 1.33 bits per heavy atom. The first-order valence-corrected chi connectivity index (χ1v) is 7.46. The number of halogens is 3. The minimum atomic E-state index is -3.11. The van der Waals surface area contributed by atoms with Gasteiger partial charge in [0.05, 0.1) is 0 Å². The van der Waals surface area contributed by atoms with Crippen LogP contribution in [0.25, 0.3) is 0 Å². The van der Waals surface area contributed by atoms with E-state index in [-0.39, 0.29) is 11.8 Å². The van der Waals surface area contributed by atoms with Gasteiger partial charge in [0, 0.05) is 23.3 Å². The van der Waals surface area contributed by atoms with Crippen LogP contribution in [-0.4, -0.2) is 22.0 Å². The Hall–Kier alpha value is -1.05. The summed E-state index contributed by atoms with van der Waals surface area (Å²) in [5, 5.41) is 0. The molecule has 0 aliphatic rings. The zero-order chi connectivity index (χ0) is 16.3. The van der Waals surface area contributed by atoms with Crippen molar-refractivity contribution in [3.05, 3.63) is 35.6 Å². The second kappa shape index (κ2) is 6.81. The first-order valence-electron chi connectivity index (χ1n) is 6.31. The van der Waals surface area contributed by atoms with Gasteiger partial charge in [0.15, 0.2) is 5.54 Å². The largest absolute Gasteiger partial charge is 0.598 e. The van der Waals surface area contributed by atoms with Gasteiger partial charge in [-0.1, -0.05) is 18.2 Å². The molecule has 0 fully saturated rings. The highest BCUT2D eigenvalue weighted by atomic mass is 32.2. The minimum absolute atomic E-state index is 0.269. The lowest BCUT2D eigenvalue weighted by molar-refractivity contribution is -0.111. The Kier molecular flexibility index (Phi) is 5.83. The smallest absolute Gasteiger partial charge is 0.265 e. The summed E-state index contributed by atoms with van der Waals surface area (Å²) in [6.07, 6.45) is -3.52. The maximum atomic E-state index is 13.9. The number of carbonyl (C=O) groups excluding carboxylic acids is 1. The van der Waals surface area contributed by atoms with Crippen LogP contribution in [0, 0.1) is 5.82 Å². The Bertz CT molecular complexity index is 493. The summed E-state index contributed by atoms with van der Waals surface area (Å²) < 4.78 is 54.8. The fourth-order valence-electron chi connectivity index (χ4n) is 1.73. The predicted molar refractivity (Wildman–Crippen MR) is 75.8 cm³/mol. The summed E-state index contributed by atoms with van der Waals surface area (Å²) in [5.41, 5.74) is -2.68. The fourth-order valence-corrected chi connectivity index (χ4v) is 2.65. The first kappa shape index (κ1) is 18.0. The molecule has 1 aromatic rings. The van der Waals surface area contributed by atoms with E-state index in [0.717, 1.165) is 12.1 Å². The quantitative estimate of drug-likeness (QED) is 0.647. The van der Waals surface area contributed by atoms with E-state index in [1.165, 1.54) is 12.1 Å². The standard InChI is InChI=1S/C14H18F3NO2S/c1-13(2,3)21(20)18-14(8-9-19,12(16)17)10-6-4-5-7-11(10)15/h4-7,9,12,18H,8H2,1-3H3/t14-,21?/m0/s1. The van der Waals surface area contributed by atoms with Gasteiger partial charge >= 0.3 is 0 Å². The van der Waals surface area contributed by atoms with Crippen molar-refractivity contribution in [1.29, 1.82) is 0 Å². The monoisotopic (exact) mass is 321 g/mol. The van der Waals surface area contributed by atoms with Crippen LogP contribution in [0.1, 0.15) is 32.8 Å². The van der Waals surface area contributed by atoms with E-state index in [9.17, 15) is 22.5 Å². The van der Waals surface area contributed by atoms with Crippen LogP contribution < -0.4 is 4.72 Å². The second-order valence-corrected chi connectivity index (χ2v) is 7.57. The molecule has 1 unspecified atom stereocenters. The minimum Gasteiger partial charge on any atom is -0.598 e. The topological polar surface area (TPSA) is 52.2 Å². The van der Waals surface area contributed by atoms with E-state index in [2.05, 4.69) is 4.72 Å². The van der Waals surface area contributed by atoms with Gasteiger partial charge in [0.25, 0.3) is 6.43 Å². The molecule has 0 saturated heterocycles. The van der Waals surface area contributed by atoms with E-state index in [1.807, 2.05) is 0 Å². The van der Waals surface area contributed by atoms with Crippen LogP contribution in [0.2, 0.25) is 0 Å². The molecule has 0 radical (unpaired) electrons. The molecular formula is C14H18F3NO2S. The lowest BCUT2D eigenvalue weighted by Gasteiger charge is -2.36. The third-order valence-electron chi connectivity index (χ3n) is 2.96.